The van der Waals surface area contributed by atoms with E-state index in [-0.39, 0.29) is 6.54 Å². The second-order valence-electron chi connectivity index (χ2n) is 5.16. The largest absolute Gasteiger partial charge is 0.465 e. The quantitative estimate of drug-likeness (QED) is 0.704. The van der Waals surface area contributed by atoms with Crippen molar-refractivity contribution in [3.63, 3.8) is 0 Å². The van der Waals surface area contributed by atoms with Gasteiger partial charge in [0, 0.05) is 10.9 Å². The molecule has 7 heteroatoms. The minimum atomic E-state index is -0.463. The maximum absolute atomic E-state index is 12.1. The molecular weight excluding hydrogens is 376 g/mol. The van der Waals surface area contributed by atoms with Crippen LogP contribution in [0.3, 0.4) is 0 Å². The van der Waals surface area contributed by atoms with Crippen LogP contribution in [0, 0.1) is 6.92 Å². The molecule has 6 nitrogen and oxygen atoms in total. The van der Waals surface area contributed by atoms with Gasteiger partial charge in [0.15, 0.2) is 0 Å². The van der Waals surface area contributed by atoms with Crippen molar-refractivity contribution in [1.82, 2.24) is 9.78 Å². The highest BCUT2D eigenvalue weighted by Gasteiger charge is 2.23. The predicted octanol–water partition coefficient (Wildman–Crippen LogP) is 2.89. The first kappa shape index (κ1) is 18.2. The topological polar surface area (TPSA) is 70.4 Å². The standard InChI is InChI=1S/C17H19BrN2O4/c1-4-24-15(21)10-20-14(9-12-5-7-13(18)8-6-12)16(11(2)19-20)17(22)23-3/h5-8H,4,9-10H2,1-3H3. The van der Waals surface area contributed by atoms with Gasteiger partial charge in [-0.2, -0.15) is 5.10 Å². The van der Waals surface area contributed by atoms with Crippen LogP contribution in [-0.4, -0.2) is 35.4 Å². The van der Waals surface area contributed by atoms with Gasteiger partial charge in [0.05, 0.1) is 25.1 Å². The van der Waals surface area contributed by atoms with Crippen molar-refractivity contribution < 1.29 is 19.1 Å². The molecule has 0 amide bonds. The van der Waals surface area contributed by atoms with Gasteiger partial charge < -0.3 is 9.47 Å². The Morgan fingerprint density at radius 2 is 1.92 bits per heavy atom. The van der Waals surface area contributed by atoms with Crippen molar-refractivity contribution in [2.24, 2.45) is 0 Å². The van der Waals surface area contributed by atoms with Crippen LogP contribution in [0.5, 0.6) is 0 Å². The van der Waals surface area contributed by atoms with Crippen LogP contribution in [0.25, 0.3) is 0 Å². The monoisotopic (exact) mass is 394 g/mol. The third-order valence-corrected chi connectivity index (χ3v) is 4.02. The Bertz CT molecular complexity index is 738. The summed E-state index contributed by atoms with van der Waals surface area (Å²) in [5, 5.41) is 4.32. The second kappa shape index (κ2) is 8.10. The van der Waals surface area contributed by atoms with Gasteiger partial charge in [-0.15, -0.1) is 0 Å². The van der Waals surface area contributed by atoms with Crippen LogP contribution in [0.1, 0.15) is 34.2 Å². The summed E-state index contributed by atoms with van der Waals surface area (Å²) in [7, 11) is 1.33. The van der Waals surface area contributed by atoms with Crippen molar-refractivity contribution >= 4 is 27.9 Å². The first-order valence-electron chi connectivity index (χ1n) is 7.50. The van der Waals surface area contributed by atoms with Gasteiger partial charge in [-0.05, 0) is 31.5 Å². The molecule has 0 aliphatic rings. The maximum atomic E-state index is 12.1. The number of halogens is 1. The summed E-state index contributed by atoms with van der Waals surface area (Å²) in [5.74, 6) is -0.858. The third kappa shape index (κ3) is 4.23. The van der Waals surface area contributed by atoms with E-state index in [1.165, 1.54) is 11.8 Å². The van der Waals surface area contributed by atoms with E-state index in [0.29, 0.717) is 30.0 Å². The lowest BCUT2D eigenvalue weighted by atomic mass is 10.1. The number of carbonyl (C=O) groups is 2. The molecule has 128 valence electrons. The molecule has 1 aromatic carbocycles. The van der Waals surface area contributed by atoms with E-state index in [4.69, 9.17) is 9.47 Å². The minimum Gasteiger partial charge on any atom is -0.465 e. The fraction of sp³-hybridized carbons (Fsp3) is 0.353. The summed E-state index contributed by atoms with van der Waals surface area (Å²) in [4.78, 5) is 23.9. The number of carbonyl (C=O) groups excluding carboxylic acids is 2. The van der Waals surface area contributed by atoms with Gasteiger partial charge >= 0.3 is 11.9 Å². The van der Waals surface area contributed by atoms with Crippen LogP contribution in [0.15, 0.2) is 28.7 Å². The number of rotatable bonds is 6. The molecule has 0 saturated carbocycles. The Kier molecular flexibility index (Phi) is 6.14. The van der Waals surface area contributed by atoms with E-state index in [0.717, 1.165) is 10.0 Å². The van der Waals surface area contributed by atoms with E-state index in [2.05, 4.69) is 21.0 Å². The SMILES string of the molecule is CCOC(=O)Cn1nc(C)c(C(=O)OC)c1Cc1ccc(Br)cc1. The number of hydrogen-bond acceptors (Lipinski definition) is 5. The number of methoxy groups -OCH3 is 1. The normalized spacial score (nSPS) is 10.5. The van der Waals surface area contributed by atoms with Crippen LogP contribution in [-0.2, 0) is 27.2 Å². The van der Waals surface area contributed by atoms with Crippen LogP contribution >= 0.6 is 15.9 Å². The third-order valence-electron chi connectivity index (χ3n) is 3.49. The van der Waals surface area contributed by atoms with Crippen molar-refractivity contribution in [3.05, 3.63) is 51.3 Å². The van der Waals surface area contributed by atoms with Crippen molar-refractivity contribution in [1.29, 1.82) is 0 Å². The van der Waals surface area contributed by atoms with Crippen LogP contribution in [0.2, 0.25) is 0 Å². The molecule has 0 atom stereocenters. The molecule has 24 heavy (non-hydrogen) atoms. The zero-order chi connectivity index (χ0) is 17.7. The number of esters is 2. The fourth-order valence-electron chi connectivity index (χ4n) is 2.43. The van der Waals surface area contributed by atoms with Crippen LogP contribution < -0.4 is 0 Å². The highest BCUT2D eigenvalue weighted by molar-refractivity contribution is 9.10. The molecule has 1 heterocycles. The van der Waals surface area contributed by atoms with E-state index < -0.39 is 11.9 Å². The molecule has 0 bridgehead atoms. The molecule has 1 aromatic heterocycles. The minimum absolute atomic E-state index is 0.0441. The van der Waals surface area contributed by atoms with Crippen LogP contribution in [0.4, 0.5) is 0 Å². The molecule has 2 rings (SSSR count). The molecule has 0 unspecified atom stereocenters. The molecular formula is C17H19BrN2O4. The van der Waals surface area contributed by atoms with Gasteiger partial charge in [0.2, 0.25) is 0 Å². The molecule has 2 aromatic rings. The Labute approximate surface area is 148 Å². The van der Waals surface area contributed by atoms with Crippen molar-refractivity contribution in [2.45, 2.75) is 26.8 Å². The first-order chi connectivity index (χ1) is 11.5. The number of nitrogens with zero attached hydrogens (tertiary/aromatic N) is 2. The van der Waals surface area contributed by atoms with E-state index in [9.17, 15) is 9.59 Å². The van der Waals surface area contributed by atoms with E-state index >= 15 is 0 Å². The Morgan fingerprint density at radius 3 is 2.50 bits per heavy atom. The highest BCUT2D eigenvalue weighted by Crippen LogP contribution is 2.20. The lowest BCUT2D eigenvalue weighted by molar-refractivity contribution is -0.144. The molecule has 0 aliphatic carbocycles. The fourth-order valence-corrected chi connectivity index (χ4v) is 2.70. The molecule has 0 spiro atoms. The Morgan fingerprint density at radius 1 is 1.25 bits per heavy atom. The molecule has 0 N–H and O–H groups in total. The summed E-state index contributed by atoms with van der Waals surface area (Å²) in [6, 6.07) is 7.74. The van der Waals surface area contributed by atoms with Crippen molar-refractivity contribution in [3.8, 4) is 0 Å². The van der Waals surface area contributed by atoms with E-state index in [1.807, 2.05) is 24.3 Å². The zero-order valence-corrected chi connectivity index (χ0v) is 15.4. The molecule has 0 aliphatic heterocycles. The van der Waals surface area contributed by atoms with Gasteiger partial charge in [-0.3, -0.25) is 9.48 Å². The second-order valence-corrected chi connectivity index (χ2v) is 6.08. The average Bonchev–Trinajstić information content (AvgIpc) is 2.84. The summed E-state index contributed by atoms with van der Waals surface area (Å²) in [5.41, 5.74) is 2.55. The Balaban J connectivity index is 2.41. The summed E-state index contributed by atoms with van der Waals surface area (Å²) < 4.78 is 12.3. The van der Waals surface area contributed by atoms with Gasteiger partial charge in [0.25, 0.3) is 0 Å². The Hall–Kier alpha value is -2.15. The number of benzene rings is 1. The number of ether oxygens (including phenoxy) is 2. The van der Waals surface area contributed by atoms with Gasteiger partial charge in [-0.25, -0.2) is 4.79 Å². The average molecular weight is 395 g/mol. The molecule has 0 saturated heterocycles. The van der Waals surface area contributed by atoms with E-state index in [1.54, 1.807) is 13.8 Å². The number of aryl methyl sites for hydroxylation is 1. The van der Waals surface area contributed by atoms with Gasteiger partial charge in [0.1, 0.15) is 12.1 Å². The van der Waals surface area contributed by atoms with Crippen molar-refractivity contribution in [2.75, 3.05) is 13.7 Å². The summed E-state index contributed by atoms with van der Waals surface area (Å²) in [6.07, 6.45) is 0.456. The number of hydrogen-bond donors (Lipinski definition) is 0. The molecule has 0 radical (unpaired) electrons. The first-order valence-corrected chi connectivity index (χ1v) is 8.30. The smallest absolute Gasteiger partial charge is 0.341 e. The summed E-state index contributed by atoms with van der Waals surface area (Å²) in [6.45, 7) is 3.72. The van der Waals surface area contributed by atoms with Gasteiger partial charge in [-0.1, -0.05) is 28.1 Å². The zero-order valence-electron chi connectivity index (χ0n) is 13.8. The summed E-state index contributed by atoms with van der Waals surface area (Å²) >= 11 is 3.40. The number of aromatic nitrogens is 2. The highest BCUT2D eigenvalue weighted by atomic mass is 79.9. The predicted molar refractivity (Wildman–Crippen MR) is 91.9 cm³/mol. The maximum Gasteiger partial charge on any atom is 0.341 e. The lowest BCUT2D eigenvalue weighted by Crippen LogP contribution is -2.18. The molecule has 0 fully saturated rings. The lowest BCUT2D eigenvalue weighted by Gasteiger charge is -2.09.